The summed E-state index contributed by atoms with van der Waals surface area (Å²) >= 11 is 0. The van der Waals surface area contributed by atoms with Crippen LogP contribution in [0.2, 0.25) is 0 Å². The average Bonchev–Trinajstić information content (AvgIpc) is 2.95. The maximum atomic E-state index is 12.1. The van der Waals surface area contributed by atoms with E-state index in [1.54, 1.807) is 0 Å². The average molecular weight is 335 g/mol. The number of amides is 1. The second-order valence-electron chi connectivity index (χ2n) is 7.18. The summed E-state index contributed by atoms with van der Waals surface area (Å²) in [5, 5.41) is 3.30. The molecular weight excluding hydrogens is 310 g/mol. The standard InChI is InChI=1S/C21H25N3O/c25-21-9-5-4-8-19-18(23-21)14-20(17-6-2-1-3-7-17)24(19)15-16-10-12-22-13-11-16/h1-3,6-7,10-13,18-20H,4-5,8-9,14-15H2,(H,23,25)/t18-,19+,20+/m1/s1. The normalized spacial score (nSPS) is 27.2. The molecule has 2 aliphatic heterocycles. The number of fused-ring (bicyclic) bond motifs is 1. The van der Waals surface area contributed by atoms with E-state index in [2.05, 4.69) is 57.7 Å². The van der Waals surface area contributed by atoms with E-state index >= 15 is 0 Å². The van der Waals surface area contributed by atoms with Crippen LogP contribution >= 0.6 is 0 Å². The molecule has 4 rings (SSSR count). The lowest BCUT2D eigenvalue weighted by molar-refractivity contribution is -0.122. The Morgan fingerprint density at radius 3 is 2.68 bits per heavy atom. The minimum absolute atomic E-state index is 0.215. The van der Waals surface area contributed by atoms with Crippen LogP contribution in [0.25, 0.3) is 0 Å². The SMILES string of the molecule is O=C1CCCC[C@H]2[C@@H](C[C@@H](c3ccccc3)N2Cc2ccncc2)N1. The summed E-state index contributed by atoms with van der Waals surface area (Å²) in [5.41, 5.74) is 2.63. The van der Waals surface area contributed by atoms with Gasteiger partial charge in [0.05, 0.1) is 0 Å². The van der Waals surface area contributed by atoms with E-state index in [-0.39, 0.29) is 11.9 Å². The quantitative estimate of drug-likeness (QED) is 0.934. The van der Waals surface area contributed by atoms with Gasteiger partial charge in [0.2, 0.25) is 5.91 Å². The number of hydrogen-bond donors (Lipinski definition) is 1. The minimum Gasteiger partial charge on any atom is -0.352 e. The highest BCUT2D eigenvalue weighted by Gasteiger charge is 2.42. The van der Waals surface area contributed by atoms with E-state index in [1.165, 1.54) is 11.1 Å². The third-order valence-electron chi connectivity index (χ3n) is 5.57. The van der Waals surface area contributed by atoms with E-state index in [1.807, 2.05) is 12.4 Å². The summed E-state index contributed by atoms with van der Waals surface area (Å²) in [5.74, 6) is 0.215. The van der Waals surface area contributed by atoms with E-state index in [0.717, 1.165) is 32.2 Å². The smallest absolute Gasteiger partial charge is 0.220 e. The van der Waals surface area contributed by atoms with Crippen molar-refractivity contribution in [3.8, 4) is 0 Å². The van der Waals surface area contributed by atoms with Gasteiger partial charge in [-0.1, -0.05) is 36.8 Å². The van der Waals surface area contributed by atoms with Crippen LogP contribution in [-0.2, 0) is 11.3 Å². The molecular formula is C21H25N3O. The van der Waals surface area contributed by atoms with Crippen LogP contribution in [-0.4, -0.2) is 27.9 Å². The third kappa shape index (κ3) is 3.59. The molecule has 4 heteroatoms. The molecule has 0 saturated carbocycles. The maximum absolute atomic E-state index is 12.1. The zero-order valence-electron chi connectivity index (χ0n) is 14.5. The third-order valence-corrected chi connectivity index (χ3v) is 5.57. The first-order valence-corrected chi connectivity index (χ1v) is 9.30. The first kappa shape index (κ1) is 16.3. The highest BCUT2D eigenvalue weighted by Crippen LogP contribution is 2.40. The molecule has 4 nitrogen and oxygen atoms in total. The second kappa shape index (κ2) is 7.36. The highest BCUT2D eigenvalue weighted by molar-refractivity contribution is 5.76. The molecule has 2 fully saturated rings. The Morgan fingerprint density at radius 2 is 1.88 bits per heavy atom. The lowest BCUT2D eigenvalue weighted by Crippen LogP contribution is -2.45. The Labute approximate surface area is 149 Å². The van der Waals surface area contributed by atoms with Crippen molar-refractivity contribution in [2.24, 2.45) is 0 Å². The monoisotopic (exact) mass is 335 g/mol. The molecule has 1 aromatic carbocycles. The van der Waals surface area contributed by atoms with E-state index < -0.39 is 0 Å². The minimum atomic E-state index is 0.215. The fraction of sp³-hybridized carbons (Fsp3) is 0.429. The molecule has 0 bridgehead atoms. The van der Waals surface area contributed by atoms with E-state index in [4.69, 9.17) is 0 Å². The fourth-order valence-electron chi connectivity index (χ4n) is 4.36. The van der Waals surface area contributed by atoms with Crippen LogP contribution in [0, 0.1) is 0 Å². The molecule has 3 atom stereocenters. The number of carbonyl (C=O) groups excluding carboxylic acids is 1. The summed E-state index contributed by atoms with van der Waals surface area (Å²) in [6.07, 6.45) is 8.66. The molecule has 1 aromatic heterocycles. The van der Waals surface area contributed by atoms with Gasteiger partial charge >= 0.3 is 0 Å². The number of pyridine rings is 1. The van der Waals surface area contributed by atoms with Crippen molar-refractivity contribution in [3.63, 3.8) is 0 Å². The van der Waals surface area contributed by atoms with Gasteiger partial charge in [0, 0.05) is 43.5 Å². The number of nitrogens with zero attached hydrogens (tertiary/aromatic N) is 2. The molecule has 0 unspecified atom stereocenters. The fourth-order valence-corrected chi connectivity index (χ4v) is 4.36. The van der Waals surface area contributed by atoms with Gasteiger partial charge in [-0.15, -0.1) is 0 Å². The number of hydrogen-bond acceptors (Lipinski definition) is 3. The van der Waals surface area contributed by atoms with Gasteiger partial charge in [-0.05, 0) is 42.5 Å². The van der Waals surface area contributed by atoms with Crippen molar-refractivity contribution in [3.05, 3.63) is 66.0 Å². The van der Waals surface area contributed by atoms with Crippen LogP contribution in [0.15, 0.2) is 54.9 Å². The van der Waals surface area contributed by atoms with Gasteiger partial charge in [0.1, 0.15) is 0 Å². The molecule has 1 N–H and O–H groups in total. The molecule has 25 heavy (non-hydrogen) atoms. The summed E-state index contributed by atoms with van der Waals surface area (Å²) in [4.78, 5) is 18.9. The molecule has 2 aliphatic rings. The molecule has 1 amide bonds. The van der Waals surface area contributed by atoms with E-state index in [0.29, 0.717) is 18.5 Å². The van der Waals surface area contributed by atoms with Crippen molar-refractivity contribution in [2.45, 2.75) is 56.8 Å². The van der Waals surface area contributed by atoms with Crippen molar-refractivity contribution in [2.75, 3.05) is 0 Å². The lowest BCUT2D eigenvalue weighted by atomic mass is 9.97. The topological polar surface area (TPSA) is 45.2 Å². The first-order valence-electron chi connectivity index (χ1n) is 9.30. The first-order chi connectivity index (χ1) is 12.3. The van der Waals surface area contributed by atoms with Gasteiger partial charge < -0.3 is 5.32 Å². The molecule has 130 valence electrons. The molecule has 0 aliphatic carbocycles. The zero-order valence-corrected chi connectivity index (χ0v) is 14.5. The summed E-state index contributed by atoms with van der Waals surface area (Å²) in [6.45, 7) is 0.902. The number of carbonyl (C=O) groups is 1. The summed E-state index contributed by atoms with van der Waals surface area (Å²) in [6, 6.07) is 15.9. The Balaban J connectivity index is 1.65. The Kier molecular flexibility index (Phi) is 4.79. The van der Waals surface area contributed by atoms with Gasteiger partial charge in [-0.2, -0.15) is 0 Å². The molecule has 2 saturated heterocycles. The Morgan fingerprint density at radius 1 is 1.08 bits per heavy atom. The number of likely N-dealkylation sites (tertiary alicyclic amines) is 1. The molecule has 3 heterocycles. The van der Waals surface area contributed by atoms with Crippen molar-refractivity contribution in [1.29, 1.82) is 0 Å². The largest absolute Gasteiger partial charge is 0.352 e. The number of aromatic nitrogens is 1. The van der Waals surface area contributed by atoms with Crippen molar-refractivity contribution >= 4 is 5.91 Å². The van der Waals surface area contributed by atoms with Crippen LogP contribution in [0.5, 0.6) is 0 Å². The van der Waals surface area contributed by atoms with Crippen LogP contribution in [0.3, 0.4) is 0 Å². The Hall–Kier alpha value is -2.20. The number of rotatable bonds is 3. The molecule has 2 aromatic rings. The van der Waals surface area contributed by atoms with Crippen LogP contribution in [0.4, 0.5) is 0 Å². The number of nitrogens with one attached hydrogen (secondary N) is 1. The molecule has 0 spiro atoms. The second-order valence-corrected chi connectivity index (χ2v) is 7.18. The summed E-state index contributed by atoms with van der Waals surface area (Å²) in [7, 11) is 0. The number of benzene rings is 1. The van der Waals surface area contributed by atoms with Gasteiger partial charge in [-0.25, -0.2) is 0 Å². The predicted molar refractivity (Wildman–Crippen MR) is 97.8 cm³/mol. The maximum Gasteiger partial charge on any atom is 0.220 e. The summed E-state index contributed by atoms with van der Waals surface area (Å²) < 4.78 is 0. The highest BCUT2D eigenvalue weighted by atomic mass is 16.1. The van der Waals surface area contributed by atoms with Crippen molar-refractivity contribution < 1.29 is 4.79 Å². The van der Waals surface area contributed by atoms with Gasteiger partial charge in [0.25, 0.3) is 0 Å². The lowest BCUT2D eigenvalue weighted by Gasteiger charge is -2.33. The predicted octanol–water partition coefficient (Wildman–Crippen LogP) is 3.46. The van der Waals surface area contributed by atoms with Crippen molar-refractivity contribution in [1.82, 2.24) is 15.2 Å². The van der Waals surface area contributed by atoms with E-state index in [9.17, 15) is 4.79 Å². The van der Waals surface area contributed by atoms with Crippen LogP contribution < -0.4 is 5.32 Å². The zero-order chi connectivity index (χ0) is 17.1. The van der Waals surface area contributed by atoms with Crippen LogP contribution in [0.1, 0.15) is 49.3 Å². The van der Waals surface area contributed by atoms with Gasteiger partial charge in [-0.3, -0.25) is 14.7 Å². The van der Waals surface area contributed by atoms with Gasteiger partial charge in [0.15, 0.2) is 0 Å². The Bertz CT molecular complexity index is 704. The molecule has 0 radical (unpaired) electrons.